The number of amides is 1. The third-order valence-corrected chi connectivity index (χ3v) is 3.65. The highest BCUT2D eigenvalue weighted by Crippen LogP contribution is 2.30. The highest BCUT2D eigenvalue weighted by atomic mass is 79.9. The molecule has 0 aliphatic carbocycles. The molecule has 0 saturated heterocycles. The van der Waals surface area contributed by atoms with E-state index in [1.807, 2.05) is 24.3 Å². The number of halogens is 2. The molecule has 19 heavy (non-hydrogen) atoms. The van der Waals surface area contributed by atoms with Crippen LogP contribution < -0.4 is 5.32 Å². The summed E-state index contributed by atoms with van der Waals surface area (Å²) in [5.74, 6) is -0.336. The molecule has 0 spiro atoms. The summed E-state index contributed by atoms with van der Waals surface area (Å²) in [5, 5.41) is 11.4. The average Bonchev–Trinajstić information content (AvgIpc) is 2.43. The van der Waals surface area contributed by atoms with Gasteiger partial charge >= 0.3 is 0 Å². The molecule has 1 heterocycles. The second-order valence-corrected chi connectivity index (χ2v) is 5.30. The van der Waals surface area contributed by atoms with Gasteiger partial charge in [0.15, 0.2) is 0 Å². The van der Waals surface area contributed by atoms with Crippen molar-refractivity contribution in [2.45, 2.75) is 0 Å². The first-order valence-electron chi connectivity index (χ1n) is 5.23. The maximum Gasteiger partial charge on any atom is 0.274 e. The molecule has 94 valence electrons. The zero-order valence-corrected chi connectivity index (χ0v) is 12.7. The number of rotatable bonds is 2. The maximum atomic E-state index is 12.0. The molecule has 1 aromatic heterocycles. The minimum Gasteiger partial charge on any atom is -0.319 e. The number of benzene rings is 1. The topological polar surface area (TPSA) is 65.8 Å². The first kappa shape index (κ1) is 13.7. The first-order valence-corrected chi connectivity index (χ1v) is 6.82. The van der Waals surface area contributed by atoms with Crippen LogP contribution in [0.3, 0.4) is 0 Å². The molecule has 0 bridgehead atoms. The van der Waals surface area contributed by atoms with Gasteiger partial charge in [-0.1, -0.05) is 6.07 Å². The van der Waals surface area contributed by atoms with Crippen molar-refractivity contribution < 1.29 is 4.79 Å². The SMILES string of the molecule is N#Cc1ccc(C(=O)Nc2c(Br)cccc2Br)nc1. The highest BCUT2D eigenvalue weighted by Gasteiger charge is 2.11. The van der Waals surface area contributed by atoms with Crippen LogP contribution in [0.5, 0.6) is 0 Å². The number of hydrogen-bond acceptors (Lipinski definition) is 3. The lowest BCUT2D eigenvalue weighted by Gasteiger charge is -2.08. The van der Waals surface area contributed by atoms with E-state index in [0.717, 1.165) is 8.95 Å². The number of carbonyl (C=O) groups is 1. The molecule has 0 aliphatic heterocycles. The molecule has 0 unspecified atom stereocenters. The Morgan fingerprint density at radius 2 is 1.89 bits per heavy atom. The monoisotopic (exact) mass is 379 g/mol. The van der Waals surface area contributed by atoms with Crippen molar-refractivity contribution in [3.63, 3.8) is 0 Å². The van der Waals surface area contributed by atoms with Crippen molar-refractivity contribution in [1.29, 1.82) is 5.26 Å². The number of carbonyl (C=O) groups excluding carboxylic acids is 1. The molecule has 0 fully saturated rings. The minimum atomic E-state index is -0.336. The van der Waals surface area contributed by atoms with Crippen molar-refractivity contribution >= 4 is 43.5 Å². The average molecular weight is 381 g/mol. The maximum absolute atomic E-state index is 12.0. The van der Waals surface area contributed by atoms with Crippen molar-refractivity contribution in [3.8, 4) is 6.07 Å². The normalized spacial score (nSPS) is 9.74. The van der Waals surface area contributed by atoms with Crippen LogP contribution in [-0.4, -0.2) is 10.9 Å². The van der Waals surface area contributed by atoms with Gasteiger partial charge in [0.25, 0.3) is 5.91 Å². The van der Waals surface area contributed by atoms with E-state index in [1.54, 1.807) is 6.07 Å². The third kappa shape index (κ3) is 3.19. The lowest BCUT2D eigenvalue weighted by Crippen LogP contribution is -2.14. The molecule has 4 nitrogen and oxygen atoms in total. The fourth-order valence-corrected chi connectivity index (χ4v) is 2.59. The summed E-state index contributed by atoms with van der Waals surface area (Å²) in [5.41, 5.74) is 1.30. The smallest absolute Gasteiger partial charge is 0.274 e. The van der Waals surface area contributed by atoms with Crippen molar-refractivity contribution in [1.82, 2.24) is 4.98 Å². The molecule has 0 saturated carbocycles. The second-order valence-electron chi connectivity index (χ2n) is 3.59. The predicted molar refractivity (Wildman–Crippen MR) is 78.7 cm³/mol. The van der Waals surface area contributed by atoms with E-state index in [9.17, 15) is 4.79 Å². The lowest BCUT2D eigenvalue weighted by atomic mass is 10.2. The Balaban J connectivity index is 2.23. The summed E-state index contributed by atoms with van der Waals surface area (Å²) >= 11 is 6.73. The van der Waals surface area contributed by atoms with Gasteiger partial charge in [0, 0.05) is 15.1 Å². The molecule has 2 rings (SSSR count). The highest BCUT2D eigenvalue weighted by molar-refractivity contribution is 9.11. The lowest BCUT2D eigenvalue weighted by molar-refractivity contribution is 0.102. The number of nitrogens with zero attached hydrogens (tertiary/aromatic N) is 2. The van der Waals surface area contributed by atoms with E-state index >= 15 is 0 Å². The van der Waals surface area contributed by atoms with Crippen LogP contribution in [0.15, 0.2) is 45.5 Å². The third-order valence-electron chi connectivity index (χ3n) is 2.33. The Kier molecular flexibility index (Phi) is 4.30. The first-order chi connectivity index (χ1) is 9.11. The summed E-state index contributed by atoms with van der Waals surface area (Å²) < 4.78 is 1.53. The second kappa shape index (κ2) is 5.95. The van der Waals surface area contributed by atoms with Gasteiger partial charge in [-0.3, -0.25) is 4.79 Å². The summed E-state index contributed by atoms with van der Waals surface area (Å²) in [4.78, 5) is 16.0. The molecule has 1 amide bonds. The number of aromatic nitrogens is 1. The Bertz CT molecular complexity index is 642. The van der Waals surface area contributed by atoms with Gasteiger partial charge < -0.3 is 5.32 Å². The summed E-state index contributed by atoms with van der Waals surface area (Å²) in [6.45, 7) is 0. The van der Waals surface area contributed by atoms with E-state index in [4.69, 9.17) is 5.26 Å². The quantitative estimate of drug-likeness (QED) is 0.863. The number of nitrogens with one attached hydrogen (secondary N) is 1. The minimum absolute atomic E-state index is 0.252. The molecule has 1 N–H and O–H groups in total. The van der Waals surface area contributed by atoms with Crippen molar-refractivity contribution in [2.24, 2.45) is 0 Å². The van der Waals surface area contributed by atoms with Crippen LogP contribution in [0, 0.1) is 11.3 Å². The van der Waals surface area contributed by atoms with Gasteiger partial charge in [-0.05, 0) is 56.1 Å². The molecule has 6 heteroatoms. The fourth-order valence-electron chi connectivity index (χ4n) is 1.39. The van der Waals surface area contributed by atoms with E-state index < -0.39 is 0 Å². The van der Waals surface area contributed by atoms with Crippen LogP contribution in [0.2, 0.25) is 0 Å². The Hall–Kier alpha value is -1.71. The van der Waals surface area contributed by atoms with Crippen molar-refractivity contribution in [3.05, 3.63) is 56.7 Å². The molecule has 0 aliphatic rings. The van der Waals surface area contributed by atoms with Gasteiger partial charge in [0.05, 0.1) is 11.3 Å². The Morgan fingerprint density at radius 3 is 2.42 bits per heavy atom. The molecule has 0 atom stereocenters. The summed E-state index contributed by atoms with van der Waals surface area (Å²) in [6, 6.07) is 10.5. The zero-order valence-electron chi connectivity index (χ0n) is 9.52. The number of nitriles is 1. The molecular formula is C13H7Br2N3O. The van der Waals surface area contributed by atoms with E-state index in [1.165, 1.54) is 12.3 Å². The number of anilines is 1. The van der Waals surface area contributed by atoms with Gasteiger partial charge in [-0.25, -0.2) is 4.98 Å². The largest absolute Gasteiger partial charge is 0.319 e. The molecule has 1 aromatic carbocycles. The zero-order chi connectivity index (χ0) is 13.8. The van der Waals surface area contributed by atoms with Crippen LogP contribution >= 0.6 is 31.9 Å². The number of hydrogen-bond donors (Lipinski definition) is 1. The van der Waals surface area contributed by atoms with Gasteiger partial charge in [-0.15, -0.1) is 0 Å². The Morgan fingerprint density at radius 1 is 1.21 bits per heavy atom. The number of para-hydroxylation sites is 1. The predicted octanol–water partition coefficient (Wildman–Crippen LogP) is 3.73. The van der Waals surface area contributed by atoms with Crippen molar-refractivity contribution in [2.75, 3.05) is 5.32 Å². The Labute approximate surface area is 126 Å². The fraction of sp³-hybridized carbons (Fsp3) is 0. The molecular weight excluding hydrogens is 374 g/mol. The van der Waals surface area contributed by atoms with Gasteiger partial charge in [0.1, 0.15) is 11.8 Å². The van der Waals surface area contributed by atoms with Crippen LogP contribution in [0.25, 0.3) is 0 Å². The molecule has 2 aromatic rings. The number of pyridine rings is 1. The van der Waals surface area contributed by atoms with E-state index in [-0.39, 0.29) is 11.6 Å². The van der Waals surface area contributed by atoms with Crippen LogP contribution in [-0.2, 0) is 0 Å². The summed E-state index contributed by atoms with van der Waals surface area (Å²) in [7, 11) is 0. The summed E-state index contributed by atoms with van der Waals surface area (Å²) in [6.07, 6.45) is 1.37. The van der Waals surface area contributed by atoms with Crippen LogP contribution in [0.1, 0.15) is 16.1 Å². The van der Waals surface area contributed by atoms with Crippen LogP contribution in [0.4, 0.5) is 5.69 Å². The van der Waals surface area contributed by atoms with Gasteiger partial charge in [0.2, 0.25) is 0 Å². The van der Waals surface area contributed by atoms with E-state index in [0.29, 0.717) is 11.3 Å². The van der Waals surface area contributed by atoms with E-state index in [2.05, 4.69) is 42.2 Å². The standard InChI is InChI=1S/C13H7Br2N3O/c14-9-2-1-3-10(15)12(9)18-13(19)11-5-4-8(6-16)7-17-11/h1-5,7H,(H,18,19). The van der Waals surface area contributed by atoms with Gasteiger partial charge in [-0.2, -0.15) is 5.26 Å². The molecule has 0 radical (unpaired) electrons.